The fraction of sp³-hybridized carbons (Fsp3) is 0.650. The average Bonchev–Trinajstić information content (AvgIpc) is 3.49. The van der Waals surface area contributed by atoms with Crippen LogP contribution in [0.25, 0.3) is 0 Å². The molecule has 0 aromatic heterocycles. The van der Waals surface area contributed by atoms with Crippen molar-refractivity contribution < 1.29 is 0 Å². The van der Waals surface area contributed by atoms with Crippen LogP contribution in [0.1, 0.15) is 26.7 Å². The lowest BCUT2D eigenvalue weighted by molar-refractivity contribution is 0.201. The molecule has 1 saturated heterocycles. The van der Waals surface area contributed by atoms with Crippen molar-refractivity contribution in [1.82, 2.24) is 15.5 Å². The van der Waals surface area contributed by atoms with E-state index in [1.807, 2.05) is 0 Å². The van der Waals surface area contributed by atoms with Gasteiger partial charge >= 0.3 is 0 Å². The molecule has 5 nitrogen and oxygen atoms in total. The van der Waals surface area contributed by atoms with Crippen LogP contribution < -0.4 is 15.5 Å². The summed E-state index contributed by atoms with van der Waals surface area (Å²) in [6.45, 7) is 11.7. The number of benzene rings is 1. The summed E-state index contributed by atoms with van der Waals surface area (Å²) in [5, 5.41) is 6.85. The number of hydrogen-bond acceptors (Lipinski definition) is 3. The van der Waals surface area contributed by atoms with Crippen molar-refractivity contribution in [2.45, 2.75) is 32.7 Å². The maximum Gasteiger partial charge on any atom is 0.191 e. The minimum atomic E-state index is 0.481. The fourth-order valence-corrected chi connectivity index (χ4v) is 3.30. The van der Waals surface area contributed by atoms with Crippen LogP contribution in [0.2, 0.25) is 0 Å². The Morgan fingerprint density at radius 1 is 1.12 bits per heavy atom. The molecule has 1 aromatic rings. The van der Waals surface area contributed by atoms with Gasteiger partial charge in [-0.3, -0.25) is 9.89 Å². The van der Waals surface area contributed by atoms with Crippen LogP contribution in [0, 0.1) is 5.92 Å². The number of nitrogens with zero attached hydrogens (tertiary/aromatic N) is 3. The van der Waals surface area contributed by atoms with Crippen LogP contribution in [0.5, 0.6) is 0 Å². The summed E-state index contributed by atoms with van der Waals surface area (Å²) < 4.78 is 0. The zero-order valence-corrected chi connectivity index (χ0v) is 15.7. The monoisotopic (exact) mass is 343 g/mol. The molecule has 1 saturated carbocycles. The van der Waals surface area contributed by atoms with Gasteiger partial charge in [0.05, 0.1) is 6.54 Å². The van der Waals surface area contributed by atoms with Gasteiger partial charge in [-0.2, -0.15) is 0 Å². The SMILES string of the molecule is CCNC(=NCC(C)N1CCN(c2ccccc2)CC1)NCC1CC1. The number of aliphatic imine (C=N–C) groups is 1. The molecule has 1 aliphatic heterocycles. The van der Waals surface area contributed by atoms with Crippen LogP contribution in [0.15, 0.2) is 35.3 Å². The van der Waals surface area contributed by atoms with E-state index in [1.165, 1.54) is 18.5 Å². The first-order valence-corrected chi connectivity index (χ1v) is 9.82. The van der Waals surface area contributed by atoms with E-state index in [4.69, 9.17) is 4.99 Å². The Kier molecular flexibility index (Phi) is 6.56. The molecule has 1 atom stereocenters. The van der Waals surface area contributed by atoms with Crippen molar-refractivity contribution in [1.29, 1.82) is 0 Å². The van der Waals surface area contributed by atoms with Crippen LogP contribution in [0.3, 0.4) is 0 Å². The predicted molar refractivity (Wildman–Crippen MR) is 106 cm³/mol. The zero-order valence-electron chi connectivity index (χ0n) is 15.7. The van der Waals surface area contributed by atoms with Gasteiger partial charge in [0.25, 0.3) is 0 Å². The van der Waals surface area contributed by atoms with E-state index in [1.54, 1.807) is 0 Å². The second-order valence-corrected chi connectivity index (χ2v) is 7.25. The number of anilines is 1. The summed E-state index contributed by atoms with van der Waals surface area (Å²) in [4.78, 5) is 9.85. The summed E-state index contributed by atoms with van der Waals surface area (Å²) in [5.41, 5.74) is 1.34. The van der Waals surface area contributed by atoms with E-state index in [9.17, 15) is 0 Å². The molecule has 0 bridgehead atoms. The minimum absolute atomic E-state index is 0.481. The second kappa shape index (κ2) is 9.09. The number of piperazine rings is 1. The van der Waals surface area contributed by atoms with Crippen molar-refractivity contribution in [3.05, 3.63) is 30.3 Å². The Hall–Kier alpha value is -1.75. The molecular weight excluding hydrogens is 310 g/mol. The van der Waals surface area contributed by atoms with Gasteiger partial charge < -0.3 is 15.5 Å². The number of rotatable bonds is 7. The Bertz CT molecular complexity index is 532. The lowest BCUT2D eigenvalue weighted by Gasteiger charge is -2.38. The highest BCUT2D eigenvalue weighted by Crippen LogP contribution is 2.27. The molecule has 2 aliphatic rings. The predicted octanol–water partition coefficient (Wildman–Crippen LogP) is 2.16. The Morgan fingerprint density at radius 3 is 2.48 bits per heavy atom. The largest absolute Gasteiger partial charge is 0.369 e. The molecule has 0 amide bonds. The summed E-state index contributed by atoms with van der Waals surface area (Å²) in [6, 6.07) is 11.2. The standard InChI is InChI=1S/C20H33N5/c1-3-21-20(23-16-18-9-10-18)22-15-17(2)24-11-13-25(14-12-24)19-7-5-4-6-8-19/h4-8,17-18H,3,9-16H2,1-2H3,(H2,21,22,23). The summed E-state index contributed by atoms with van der Waals surface area (Å²) in [5.74, 6) is 1.84. The molecule has 138 valence electrons. The molecule has 3 rings (SSSR count). The summed E-state index contributed by atoms with van der Waals surface area (Å²) in [6.07, 6.45) is 2.74. The molecule has 25 heavy (non-hydrogen) atoms. The third kappa shape index (κ3) is 5.63. The highest BCUT2D eigenvalue weighted by molar-refractivity contribution is 5.79. The van der Waals surface area contributed by atoms with Gasteiger partial charge in [0, 0.05) is 51.0 Å². The lowest BCUT2D eigenvalue weighted by atomic mass is 10.2. The molecule has 1 heterocycles. The van der Waals surface area contributed by atoms with Gasteiger partial charge in [0.2, 0.25) is 0 Å². The molecule has 1 aliphatic carbocycles. The molecule has 0 radical (unpaired) electrons. The fourth-order valence-electron chi connectivity index (χ4n) is 3.30. The normalized spacial score (nSPS) is 20.4. The maximum absolute atomic E-state index is 4.80. The lowest BCUT2D eigenvalue weighted by Crippen LogP contribution is -2.50. The molecule has 1 unspecified atom stereocenters. The van der Waals surface area contributed by atoms with Gasteiger partial charge in [-0.05, 0) is 44.7 Å². The number of para-hydroxylation sites is 1. The summed E-state index contributed by atoms with van der Waals surface area (Å²) in [7, 11) is 0. The van der Waals surface area contributed by atoms with E-state index in [-0.39, 0.29) is 0 Å². The molecule has 2 N–H and O–H groups in total. The van der Waals surface area contributed by atoms with Crippen LogP contribution in [0.4, 0.5) is 5.69 Å². The van der Waals surface area contributed by atoms with Gasteiger partial charge in [0.1, 0.15) is 0 Å². The van der Waals surface area contributed by atoms with Crippen molar-refractivity contribution in [2.24, 2.45) is 10.9 Å². The van der Waals surface area contributed by atoms with Crippen molar-refractivity contribution in [3.63, 3.8) is 0 Å². The van der Waals surface area contributed by atoms with Crippen molar-refractivity contribution >= 4 is 11.6 Å². The maximum atomic E-state index is 4.80. The van der Waals surface area contributed by atoms with E-state index < -0.39 is 0 Å². The topological polar surface area (TPSA) is 42.9 Å². The molecule has 5 heteroatoms. The van der Waals surface area contributed by atoms with Gasteiger partial charge in [-0.1, -0.05) is 18.2 Å². The number of hydrogen-bond donors (Lipinski definition) is 2. The first kappa shape index (κ1) is 18.1. The zero-order chi connectivity index (χ0) is 17.5. The molecule has 0 spiro atoms. The van der Waals surface area contributed by atoms with Gasteiger partial charge in [0.15, 0.2) is 5.96 Å². The quantitative estimate of drug-likeness (QED) is 0.588. The number of guanidine groups is 1. The van der Waals surface area contributed by atoms with Crippen molar-refractivity contribution in [2.75, 3.05) is 50.7 Å². The van der Waals surface area contributed by atoms with Crippen LogP contribution in [-0.2, 0) is 0 Å². The highest BCUT2D eigenvalue weighted by atomic mass is 15.3. The minimum Gasteiger partial charge on any atom is -0.369 e. The molecular formula is C20H33N5. The third-order valence-electron chi connectivity index (χ3n) is 5.17. The summed E-state index contributed by atoms with van der Waals surface area (Å²) >= 11 is 0. The van der Waals surface area contributed by atoms with E-state index in [0.29, 0.717) is 6.04 Å². The van der Waals surface area contributed by atoms with Gasteiger partial charge in [-0.15, -0.1) is 0 Å². The molecule has 1 aromatic carbocycles. The van der Waals surface area contributed by atoms with Gasteiger partial charge in [-0.25, -0.2) is 0 Å². The molecule has 2 fully saturated rings. The average molecular weight is 344 g/mol. The van der Waals surface area contributed by atoms with E-state index in [2.05, 4.69) is 64.6 Å². The van der Waals surface area contributed by atoms with Crippen LogP contribution >= 0.6 is 0 Å². The Labute approximate surface area is 152 Å². The smallest absolute Gasteiger partial charge is 0.191 e. The van der Waals surface area contributed by atoms with E-state index >= 15 is 0 Å². The van der Waals surface area contributed by atoms with Crippen LogP contribution in [-0.4, -0.2) is 62.7 Å². The van der Waals surface area contributed by atoms with E-state index in [0.717, 1.165) is 57.7 Å². The highest BCUT2D eigenvalue weighted by Gasteiger charge is 2.22. The number of nitrogens with one attached hydrogen (secondary N) is 2. The third-order valence-corrected chi connectivity index (χ3v) is 5.17. The second-order valence-electron chi connectivity index (χ2n) is 7.25. The Morgan fingerprint density at radius 2 is 1.84 bits per heavy atom. The first-order valence-electron chi connectivity index (χ1n) is 9.82. The Balaban J connectivity index is 1.44. The van der Waals surface area contributed by atoms with Crippen molar-refractivity contribution in [3.8, 4) is 0 Å². The first-order chi connectivity index (χ1) is 12.3.